The summed E-state index contributed by atoms with van der Waals surface area (Å²) in [6.45, 7) is 0. The van der Waals surface area contributed by atoms with Crippen molar-refractivity contribution < 1.29 is 0 Å². The zero-order chi connectivity index (χ0) is 8.43. The Balaban J connectivity index is 3.25. The van der Waals surface area contributed by atoms with Gasteiger partial charge in [-0.25, -0.2) is 0 Å². The van der Waals surface area contributed by atoms with Crippen LogP contribution in [-0.4, -0.2) is 10.2 Å². The quantitative estimate of drug-likeness (QED) is 0.318. The van der Waals surface area contributed by atoms with Crippen LogP contribution in [0.3, 0.4) is 0 Å². The third-order valence-electron chi connectivity index (χ3n) is 1.31. The van der Waals surface area contributed by atoms with Gasteiger partial charge in [-0.15, -0.1) is 0 Å². The number of hydrogen-bond donors (Lipinski definition) is 0. The molecule has 0 aliphatic rings. The van der Waals surface area contributed by atoms with Crippen LogP contribution in [0, 0.1) is 10.7 Å². The topological polar surface area (TPSA) is 0 Å². The highest BCUT2D eigenvalue weighted by Crippen LogP contribution is 2.24. The fraction of sp³-hybridized carbons (Fsp3) is 0.143. The van der Waals surface area contributed by atoms with E-state index in [1.54, 1.807) is 0 Å². The first-order chi connectivity index (χ1) is 5.16. The zero-order valence-electron chi connectivity index (χ0n) is 5.50. The van der Waals surface area contributed by atoms with Crippen LogP contribution in [0.4, 0.5) is 0 Å². The molecular weight excluding hydrogens is 493 g/mol. The Morgan fingerprint density at radius 2 is 1.73 bits per heavy atom. The summed E-state index contributed by atoms with van der Waals surface area (Å²) in [6.07, 6.45) is 0. The van der Waals surface area contributed by atoms with E-state index in [4.69, 9.17) is 0 Å². The lowest BCUT2D eigenvalue weighted by Crippen LogP contribution is -1.93. The van der Waals surface area contributed by atoms with Crippen molar-refractivity contribution in [2.45, 2.75) is 6.04 Å². The van der Waals surface area contributed by atoms with Gasteiger partial charge in [0.2, 0.25) is 0 Å². The largest absolute Gasteiger partial charge is 0.0572 e. The summed E-state index contributed by atoms with van der Waals surface area (Å²) in [5.41, 5.74) is 1.37. The van der Waals surface area contributed by atoms with Crippen molar-refractivity contribution in [3.8, 4) is 0 Å². The van der Waals surface area contributed by atoms with E-state index in [2.05, 4.69) is 90.1 Å². The molecule has 0 bridgehead atoms. The summed E-state index contributed by atoms with van der Waals surface area (Å²) >= 11 is 7.12. The van der Waals surface area contributed by atoms with E-state index < -0.39 is 0 Å². The summed E-state index contributed by atoms with van der Waals surface area (Å²) in [5.74, 6) is 0. The Morgan fingerprint density at radius 3 is 2.27 bits per heavy atom. The van der Waals surface area contributed by atoms with Crippen LogP contribution in [0.15, 0.2) is 12.1 Å². The first kappa shape index (κ1) is 10.7. The molecule has 0 heterocycles. The van der Waals surface area contributed by atoms with Gasteiger partial charge in [0.25, 0.3) is 0 Å². The molecule has 4 heteroatoms. The molecule has 0 saturated heterocycles. The van der Waals surface area contributed by atoms with E-state index in [9.17, 15) is 0 Å². The second kappa shape index (κ2) is 4.75. The monoisotopic (exact) mass is 497 g/mol. The standard InChI is InChI=1S/C7H4I3Si/c8-5-2-1-4(3-11)6(9)7(5)10/h1-2H,3H2. The Morgan fingerprint density at radius 1 is 1.09 bits per heavy atom. The fourth-order valence-electron chi connectivity index (χ4n) is 0.702. The van der Waals surface area contributed by atoms with Crippen molar-refractivity contribution in [1.29, 1.82) is 0 Å². The molecule has 11 heavy (non-hydrogen) atoms. The highest BCUT2D eigenvalue weighted by Gasteiger charge is 2.04. The van der Waals surface area contributed by atoms with Crippen LogP contribution in [0.25, 0.3) is 0 Å². The summed E-state index contributed by atoms with van der Waals surface area (Å²) in [6, 6.07) is 5.25. The van der Waals surface area contributed by atoms with E-state index in [0.717, 1.165) is 6.04 Å². The predicted molar refractivity (Wildman–Crippen MR) is 74.1 cm³/mol. The van der Waals surface area contributed by atoms with Crippen molar-refractivity contribution in [2.75, 3.05) is 0 Å². The van der Waals surface area contributed by atoms with Gasteiger partial charge in [0.15, 0.2) is 0 Å². The molecule has 1 aromatic carbocycles. The molecule has 1 rings (SSSR count). The van der Waals surface area contributed by atoms with Crippen LogP contribution in [0.5, 0.6) is 0 Å². The number of halogens is 3. The van der Waals surface area contributed by atoms with Gasteiger partial charge in [-0.1, -0.05) is 6.07 Å². The van der Waals surface area contributed by atoms with Gasteiger partial charge in [0, 0.05) is 21.0 Å². The normalized spacial score (nSPS) is 10.2. The van der Waals surface area contributed by atoms with Gasteiger partial charge in [-0.05, 0) is 85.4 Å². The molecule has 0 nitrogen and oxygen atoms in total. The molecule has 0 spiro atoms. The van der Waals surface area contributed by atoms with Crippen LogP contribution in [-0.2, 0) is 6.04 Å². The van der Waals surface area contributed by atoms with Crippen LogP contribution in [0.1, 0.15) is 5.56 Å². The number of rotatable bonds is 1. The van der Waals surface area contributed by atoms with Crippen molar-refractivity contribution in [3.05, 3.63) is 28.4 Å². The Hall–Kier alpha value is 1.63. The molecule has 0 aliphatic carbocycles. The maximum Gasteiger partial charge on any atom is 0.0400 e. The Bertz CT molecular complexity index is 273. The number of hydrogen-bond acceptors (Lipinski definition) is 0. The molecule has 0 saturated carbocycles. The minimum atomic E-state index is 0.936. The van der Waals surface area contributed by atoms with E-state index in [-0.39, 0.29) is 0 Å². The molecule has 57 valence electrons. The van der Waals surface area contributed by atoms with Gasteiger partial charge in [-0.3, -0.25) is 0 Å². The van der Waals surface area contributed by atoms with Gasteiger partial charge in [0.05, 0.1) is 0 Å². The first-order valence-electron chi connectivity index (χ1n) is 2.93. The fourth-order valence-corrected chi connectivity index (χ4v) is 3.51. The second-order valence-corrected chi connectivity index (χ2v) is 5.68. The predicted octanol–water partition coefficient (Wildman–Crippen LogP) is 3.17. The lowest BCUT2D eigenvalue weighted by atomic mass is 10.2. The number of benzene rings is 1. The molecule has 0 aromatic heterocycles. The minimum absolute atomic E-state index is 0.936. The van der Waals surface area contributed by atoms with Crippen molar-refractivity contribution in [2.24, 2.45) is 0 Å². The van der Waals surface area contributed by atoms with E-state index in [0.29, 0.717) is 0 Å². The average molecular weight is 497 g/mol. The molecular formula is C7H4I3Si. The molecule has 0 fully saturated rings. The third-order valence-corrected chi connectivity index (χ3v) is 7.00. The van der Waals surface area contributed by atoms with Gasteiger partial charge in [-0.2, -0.15) is 0 Å². The second-order valence-electron chi connectivity index (χ2n) is 2.01. The summed E-state index contributed by atoms with van der Waals surface area (Å²) in [7, 11) is 3.50. The van der Waals surface area contributed by atoms with E-state index in [1.165, 1.54) is 16.3 Å². The molecule has 0 amide bonds. The highest BCUT2D eigenvalue weighted by atomic mass is 127. The maximum absolute atomic E-state index is 3.50. The van der Waals surface area contributed by atoms with E-state index >= 15 is 0 Å². The summed E-state index contributed by atoms with van der Waals surface area (Å²) in [4.78, 5) is 0. The minimum Gasteiger partial charge on any atom is -0.0572 e. The Kier molecular flexibility index (Phi) is 4.62. The lowest BCUT2D eigenvalue weighted by molar-refractivity contribution is 1.33. The van der Waals surface area contributed by atoms with Crippen LogP contribution < -0.4 is 0 Å². The van der Waals surface area contributed by atoms with Gasteiger partial charge >= 0.3 is 0 Å². The van der Waals surface area contributed by atoms with E-state index in [1.807, 2.05) is 0 Å². The SMILES string of the molecule is [Si]Cc1ccc(I)c(I)c1I. The average Bonchev–Trinajstić information content (AvgIpc) is 2.01. The lowest BCUT2D eigenvalue weighted by Gasteiger charge is -2.04. The van der Waals surface area contributed by atoms with Gasteiger partial charge in [0.1, 0.15) is 0 Å². The summed E-state index contributed by atoms with van der Waals surface area (Å²) in [5, 5.41) is 0. The van der Waals surface area contributed by atoms with Crippen molar-refractivity contribution in [1.82, 2.24) is 0 Å². The van der Waals surface area contributed by atoms with Crippen molar-refractivity contribution in [3.63, 3.8) is 0 Å². The Labute approximate surface area is 111 Å². The molecule has 0 unspecified atom stereocenters. The molecule has 3 radical (unpaired) electrons. The third kappa shape index (κ3) is 2.53. The van der Waals surface area contributed by atoms with Crippen LogP contribution in [0.2, 0.25) is 0 Å². The van der Waals surface area contributed by atoms with Crippen molar-refractivity contribution >= 4 is 78.0 Å². The first-order valence-corrected chi connectivity index (χ1v) is 6.88. The maximum atomic E-state index is 3.50. The molecule has 0 aliphatic heterocycles. The van der Waals surface area contributed by atoms with Crippen LogP contribution >= 0.6 is 67.8 Å². The summed E-state index contributed by atoms with van der Waals surface area (Å²) < 4.78 is 4.06. The molecule has 0 atom stereocenters. The zero-order valence-corrected chi connectivity index (χ0v) is 13.0. The molecule has 1 aromatic rings. The van der Waals surface area contributed by atoms with Gasteiger partial charge < -0.3 is 0 Å². The molecule has 0 N–H and O–H groups in total. The smallest absolute Gasteiger partial charge is 0.0400 e. The highest BCUT2D eigenvalue weighted by molar-refractivity contribution is 14.1.